The van der Waals surface area contributed by atoms with Gasteiger partial charge in [0.1, 0.15) is 0 Å². The lowest BCUT2D eigenvalue weighted by Crippen LogP contribution is -2.45. The van der Waals surface area contributed by atoms with Crippen LogP contribution in [0.15, 0.2) is 24.3 Å². The third-order valence-corrected chi connectivity index (χ3v) is 18.5. The molecule has 0 rings (SSSR count). The van der Waals surface area contributed by atoms with Crippen LogP contribution >= 0.6 is 0 Å². The van der Waals surface area contributed by atoms with Crippen LogP contribution in [0.4, 0.5) is 0 Å². The topological polar surface area (TPSA) is 95.9 Å². The number of nitrogens with one attached hydrogen (secondary N) is 1. The summed E-state index contributed by atoms with van der Waals surface area (Å²) in [5, 5.41) is 23.4. The van der Waals surface area contributed by atoms with Gasteiger partial charge in [-0.3, -0.25) is 9.59 Å². The Bertz CT molecular complexity index is 1330. The van der Waals surface area contributed by atoms with Gasteiger partial charge in [-0.2, -0.15) is 0 Å². The molecule has 0 saturated heterocycles. The summed E-state index contributed by atoms with van der Waals surface area (Å²) in [7, 11) is 0. The highest BCUT2D eigenvalue weighted by atomic mass is 16.5. The Kier molecular flexibility index (Phi) is 73.3. The van der Waals surface area contributed by atoms with Gasteiger partial charge in [-0.15, -0.1) is 0 Å². The monoisotopic (exact) mass is 1200 g/mol. The molecule has 0 aliphatic rings. The quantitative estimate of drug-likeness (QED) is 0.0320. The molecule has 504 valence electrons. The predicted octanol–water partition coefficient (Wildman–Crippen LogP) is 25.7. The van der Waals surface area contributed by atoms with E-state index in [4.69, 9.17) is 4.74 Å². The minimum atomic E-state index is -0.661. The molecule has 0 bridgehead atoms. The first kappa shape index (κ1) is 83.3. The second-order valence-corrected chi connectivity index (χ2v) is 27.0. The van der Waals surface area contributed by atoms with E-state index in [9.17, 15) is 19.8 Å². The minimum Gasteiger partial charge on any atom is -0.466 e. The third-order valence-electron chi connectivity index (χ3n) is 18.5. The summed E-state index contributed by atoms with van der Waals surface area (Å²) in [6.45, 7) is 4.99. The van der Waals surface area contributed by atoms with E-state index in [-0.39, 0.29) is 18.5 Å². The average molecular weight is 1200 g/mol. The molecule has 3 N–H and O–H groups in total. The van der Waals surface area contributed by atoms with Gasteiger partial charge < -0.3 is 20.3 Å². The Hall–Kier alpha value is -1.66. The van der Waals surface area contributed by atoms with E-state index in [2.05, 4.69) is 43.5 Å². The third kappa shape index (κ3) is 71.3. The molecule has 0 aromatic carbocycles. The maximum Gasteiger partial charge on any atom is 0.305 e. The van der Waals surface area contributed by atoms with Crippen LogP contribution in [0.25, 0.3) is 0 Å². The summed E-state index contributed by atoms with van der Waals surface area (Å²) in [6, 6.07) is -0.538. The predicted molar refractivity (Wildman–Crippen MR) is 375 cm³/mol. The van der Waals surface area contributed by atoms with E-state index in [1.54, 1.807) is 0 Å². The fourth-order valence-electron chi connectivity index (χ4n) is 12.5. The Balaban J connectivity index is 3.32. The molecule has 6 heteroatoms. The number of carbonyl (C=O) groups is 2. The molecule has 0 aliphatic carbocycles. The highest BCUT2D eigenvalue weighted by Gasteiger charge is 2.20. The van der Waals surface area contributed by atoms with Crippen molar-refractivity contribution in [3.63, 3.8) is 0 Å². The van der Waals surface area contributed by atoms with Crippen molar-refractivity contribution in [1.29, 1.82) is 0 Å². The molecule has 6 nitrogen and oxygen atoms in total. The summed E-state index contributed by atoms with van der Waals surface area (Å²) >= 11 is 0. The zero-order valence-corrected chi connectivity index (χ0v) is 57.9. The zero-order chi connectivity index (χ0) is 61.3. The van der Waals surface area contributed by atoms with Crippen molar-refractivity contribution in [2.75, 3.05) is 13.2 Å². The molecule has 0 radical (unpaired) electrons. The molecule has 0 fully saturated rings. The number of unbranched alkanes of at least 4 members (excludes halogenated alkanes) is 59. The molecule has 0 saturated carbocycles. The van der Waals surface area contributed by atoms with Gasteiger partial charge in [0.05, 0.1) is 25.4 Å². The van der Waals surface area contributed by atoms with Crippen molar-refractivity contribution in [3.8, 4) is 0 Å². The van der Waals surface area contributed by atoms with E-state index in [1.165, 1.54) is 366 Å². The lowest BCUT2D eigenvalue weighted by molar-refractivity contribution is -0.143. The number of hydrogen-bond acceptors (Lipinski definition) is 5. The molecule has 0 aromatic rings. The summed E-state index contributed by atoms with van der Waals surface area (Å²) in [5.74, 6) is -0.0128. The van der Waals surface area contributed by atoms with E-state index in [1.807, 2.05) is 0 Å². The van der Waals surface area contributed by atoms with Gasteiger partial charge in [0.15, 0.2) is 0 Å². The lowest BCUT2D eigenvalue weighted by atomic mass is 10.0. The van der Waals surface area contributed by atoms with Crippen molar-refractivity contribution >= 4 is 11.9 Å². The van der Waals surface area contributed by atoms with Crippen LogP contribution in [-0.2, 0) is 14.3 Å². The molecule has 1 amide bonds. The number of aliphatic hydroxyl groups is 2. The normalized spacial score (nSPS) is 12.6. The number of rotatable bonds is 74. The van der Waals surface area contributed by atoms with Gasteiger partial charge in [-0.05, 0) is 77.0 Å². The molecule has 0 aliphatic heterocycles. The van der Waals surface area contributed by atoms with Crippen LogP contribution in [0.3, 0.4) is 0 Å². The van der Waals surface area contributed by atoms with E-state index < -0.39 is 12.1 Å². The van der Waals surface area contributed by atoms with Gasteiger partial charge in [-0.1, -0.05) is 378 Å². The first-order valence-electron chi connectivity index (χ1n) is 39.1. The highest BCUT2D eigenvalue weighted by molar-refractivity contribution is 5.76. The van der Waals surface area contributed by atoms with Crippen LogP contribution in [0, 0.1) is 0 Å². The van der Waals surface area contributed by atoms with Crippen molar-refractivity contribution in [1.82, 2.24) is 5.32 Å². The number of carbonyl (C=O) groups excluding carboxylic acids is 2. The molecular weight excluding hydrogens is 1040 g/mol. The van der Waals surface area contributed by atoms with E-state index in [0.29, 0.717) is 25.9 Å². The number of amides is 1. The first-order chi connectivity index (χ1) is 42.0. The molecule has 0 heterocycles. The molecule has 0 aromatic heterocycles. The Labute approximate surface area is 532 Å². The van der Waals surface area contributed by atoms with Crippen LogP contribution in [0.1, 0.15) is 444 Å². The van der Waals surface area contributed by atoms with Gasteiger partial charge in [0, 0.05) is 12.8 Å². The largest absolute Gasteiger partial charge is 0.466 e. The Morgan fingerprint density at radius 1 is 0.318 bits per heavy atom. The van der Waals surface area contributed by atoms with Crippen LogP contribution in [0.2, 0.25) is 0 Å². The van der Waals surface area contributed by atoms with Crippen LogP contribution in [-0.4, -0.2) is 47.4 Å². The zero-order valence-electron chi connectivity index (χ0n) is 57.9. The second-order valence-electron chi connectivity index (χ2n) is 27.0. The maximum absolute atomic E-state index is 12.5. The second kappa shape index (κ2) is 74.8. The fourth-order valence-corrected chi connectivity index (χ4v) is 12.5. The summed E-state index contributed by atoms with van der Waals surface area (Å²) < 4.78 is 5.50. The number of aliphatic hydroxyl groups excluding tert-OH is 2. The Morgan fingerprint density at radius 3 is 0.835 bits per heavy atom. The molecule has 2 atom stereocenters. The minimum absolute atomic E-state index is 0.0143. The SMILES string of the molecule is CCCCCCCC/C=C\CCCCCCCC(=O)OCCCCCCCCCCCCCCCCCC/C=C\CCCCCCCCCCCCCCCCCCCC(=O)NC(CO)C(O)CCCCCCCCCCCCCCCCCC. The van der Waals surface area contributed by atoms with Gasteiger partial charge >= 0.3 is 5.97 Å². The van der Waals surface area contributed by atoms with Gasteiger partial charge in [0.25, 0.3) is 0 Å². The summed E-state index contributed by atoms with van der Waals surface area (Å²) in [4.78, 5) is 24.6. The highest BCUT2D eigenvalue weighted by Crippen LogP contribution is 2.20. The van der Waals surface area contributed by atoms with E-state index >= 15 is 0 Å². The van der Waals surface area contributed by atoms with Crippen LogP contribution in [0.5, 0.6) is 0 Å². The summed E-state index contributed by atoms with van der Waals surface area (Å²) in [6.07, 6.45) is 95.6. The molecular formula is C79H153NO5. The smallest absolute Gasteiger partial charge is 0.305 e. The lowest BCUT2D eigenvalue weighted by Gasteiger charge is -2.22. The average Bonchev–Trinajstić information content (AvgIpc) is 3.51. The van der Waals surface area contributed by atoms with Crippen LogP contribution < -0.4 is 5.32 Å². The number of ether oxygens (including phenoxy) is 1. The Morgan fingerprint density at radius 2 is 0.553 bits per heavy atom. The van der Waals surface area contributed by atoms with Crippen molar-refractivity contribution in [2.24, 2.45) is 0 Å². The van der Waals surface area contributed by atoms with Crippen molar-refractivity contribution in [3.05, 3.63) is 24.3 Å². The standard InChI is InChI=1S/C79H153NO5/c1-3-5-7-9-11-13-15-17-19-44-47-51-55-59-63-67-71-77(82)76(75-81)80-78(83)72-68-64-60-56-52-48-45-41-39-37-35-33-31-29-27-25-23-21-20-22-24-26-28-30-32-34-36-38-40-42-46-50-54-58-62-66-70-74-85-79(84)73-69-65-61-57-53-49-43-18-16-14-12-10-8-6-4-2/h18,20,22,43,76-77,81-82H,3-17,19,21,23-42,44-75H2,1-2H3,(H,80,83)/b22-20-,43-18-. The maximum atomic E-state index is 12.5. The first-order valence-corrected chi connectivity index (χ1v) is 39.1. The number of allylic oxidation sites excluding steroid dienone is 4. The molecule has 2 unspecified atom stereocenters. The number of esters is 1. The van der Waals surface area contributed by atoms with Crippen molar-refractivity contribution < 1.29 is 24.5 Å². The van der Waals surface area contributed by atoms with Gasteiger partial charge in [0.2, 0.25) is 5.91 Å². The summed E-state index contributed by atoms with van der Waals surface area (Å²) in [5.41, 5.74) is 0. The molecule has 0 spiro atoms. The van der Waals surface area contributed by atoms with Gasteiger partial charge in [-0.25, -0.2) is 0 Å². The van der Waals surface area contributed by atoms with Crippen molar-refractivity contribution in [2.45, 2.75) is 456 Å². The molecule has 85 heavy (non-hydrogen) atoms. The number of hydrogen-bond donors (Lipinski definition) is 3. The van der Waals surface area contributed by atoms with E-state index in [0.717, 1.165) is 44.9 Å². The fraction of sp³-hybridized carbons (Fsp3) is 0.924.